The van der Waals surface area contributed by atoms with Crippen molar-refractivity contribution in [2.75, 3.05) is 32.1 Å². The molecule has 1 fully saturated rings. The highest BCUT2D eigenvalue weighted by Crippen LogP contribution is 2.26. The molecule has 1 aliphatic rings. The third-order valence-electron chi connectivity index (χ3n) is 3.42. The molecule has 1 aromatic rings. The van der Waals surface area contributed by atoms with Crippen molar-refractivity contribution in [1.82, 2.24) is 4.31 Å². The molecule has 1 aromatic carbocycles. The number of aryl methyl sites for hydroxylation is 1. The van der Waals surface area contributed by atoms with Crippen LogP contribution in [0.3, 0.4) is 0 Å². The minimum Gasteiger partial charge on any atom is -0.492 e. The van der Waals surface area contributed by atoms with Crippen LogP contribution in [0.2, 0.25) is 0 Å². The highest BCUT2D eigenvalue weighted by molar-refractivity contribution is 7.89. The van der Waals surface area contributed by atoms with Gasteiger partial charge in [0.25, 0.3) is 0 Å². The molecule has 0 amide bonds. The minimum absolute atomic E-state index is 0.0839. The van der Waals surface area contributed by atoms with Crippen molar-refractivity contribution < 1.29 is 31.1 Å². The van der Waals surface area contributed by atoms with Crippen LogP contribution >= 0.6 is 0 Å². The second-order valence-electron chi connectivity index (χ2n) is 5.24. The minimum atomic E-state index is -4.58. The zero-order valence-electron chi connectivity index (χ0n) is 12.5. The van der Waals surface area contributed by atoms with Crippen molar-refractivity contribution in [1.29, 1.82) is 0 Å². The van der Waals surface area contributed by atoms with E-state index in [1.54, 1.807) is 12.1 Å². The second kappa shape index (κ2) is 7.06. The van der Waals surface area contributed by atoms with Crippen LogP contribution in [0.15, 0.2) is 24.3 Å². The van der Waals surface area contributed by atoms with E-state index in [1.807, 2.05) is 19.1 Å². The summed E-state index contributed by atoms with van der Waals surface area (Å²) in [4.78, 5) is 0. The maximum absolute atomic E-state index is 12.6. The predicted molar refractivity (Wildman–Crippen MR) is 77.8 cm³/mol. The number of alkyl halides is 3. The first kappa shape index (κ1) is 18.0. The van der Waals surface area contributed by atoms with E-state index in [1.165, 1.54) is 0 Å². The fourth-order valence-corrected chi connectivity index (χ4v) is 3.37. The fraction of sp³-hybridized carbons (Fsp3) is 0.571. The van der Waals surface area contributed by atoms with Gasteiger partial charge >= 0.3 is 6.18 Å². The number of sulfonamides is 1. The standard InChI is InChI=1S/C14H18F3NO4S/c1-11-2-4-12(5-3-11)21-8-9-23(19,20)18-6-7-22-13(10-18)14(15,16)17/h2-5,13H,6-10H2,1H3/t13-/m1/s1. The van der Waals surface area contributed by atoms with Gasteiger partial charge in [-0.25, -0.2) is 8.42 Å². The Balaban J connectivity index is 1.89. The molecule has 2 rings (SSSR count). The Kier molecular flexibility index (Phi) is 5.53. The van der Waals surface area contributed by atoms with Gasteiger partial charge in [-0.3, -0.25) is 0 Å². The van der Waals surface area contributed by atoms with Crippen LogP contribution in [-0.2, 0) is 14.8 Å². The van der Waals surface area contributed by atoms with Gasteiger partial charge in [-0.1, -0.05) is 17.7 Å². The van der Waals surface area contributed by atoms with Gasteiger partial charge in [0, 0.05) is 13.1 Å². The fourth-order valence-electron chi connectivity index (χ4n) is 2.10. The molecule has 0 aliphatic carbocycles. The molecular formula is C14H18F3NO4S. The highest BCUT2D eigenvalue weighted by atomic mass is 32.2. The Bertz CT molecular complexity index is 616. The van der Waals surface area contributed by atoms with Crippen molar-refractivity contribution in [3.05, 3.63) is 29.8 Å². The van der Waals surface area contributed by atoms with Crippen LogP contribution in [0.1, 0.15) is 5.56 Å². The maximum Gasteiger partial charge on any atom is 0.415 e. The molecular weight excluding hydrogens is 335 g/mol. The topological polar surface area (TPSA) is 55.8 Å². The van der Waals surface area contributed by atoms with Gasteiger partial charge in [-0.05, 0) is 19.1 Å². The molecule has 0 bridgehead atoms. The first-order valence-corrected chi connectivity index (χ1v) is 8.65. The first-order chi connectivity index (χ1) is 10.7. The summed E-state index contributed by atoms with van der Waals surface area (Å²) in [5.41, 5.74) is 1.04. The van der Waals surface area contributed by atoms with Crippen LogP contribution < -0.4 is 4.74 Å². The first-order valence-electron chi connectivity index (χ1n) is 7.04. The number of hydrogen-bond donors (Lipinski definition) is 0. The van der Waals surface area contributed by atoms with E-state index in [4.69, 9.17) is 4.74 Å². The number of nitrogens with zero attached hydrogens (tertiary/aromatic N) is 1. The molecule has 1 heterocycles. The molecule has 0 aromatic heterocycles. The third kappa shape index (κ3) is 5.08. The van der Waals surface area contributed by atoms with Crippen molar-refractivity contribution >= 4 is 10.0 Å². The quantitative estimate of drug-likeness (QED) is 0.812. The van der Waals surface area contributed by atoms with Crippen LogP contribution in [0.4, 0.5) is 13.2 Å². The predicted octanol–water partition coefficient (Wildman–Crippen LogP) is 1.97. The van der Waals surface area contributed by atoms with E-state index in [9.17, 15) is 21.6 Å². The smallest absolute Gasteiger partial charge is 0.415 e. The van der Waals surface area contributed by atoms with E-state index in [0.717, 1.165) is 9.87 Å². The Labute approximate surface area is 133 Å². The SMILES string of the molecule is Cc1ccc(OCCS(=O)(=O)N2CCO[C@@H](C(F)(F)F)C2)cc1. The molecule has 1 atom stereocenters. The molecule has 0 N–H and O–H groups in total. The highest BCUT2D eigenvalue weighted by Gasteiger charge is 2.45. The van der Waals surface area contributed by atoms with Crippen molar-refractivity contribution in [2.24, 2.45) is 0 Å². The maximum atomic E-state index is 12.6. The van der Waals surface area contributed by atoms with Crippen LogP contribution in [0, 0.1) is 6.92 Å². The summed E-state index contributed by atoms with van der Waals surface area (Å²) in [6.45, 7) is 0.710. The van der Waals surface area contributed by atoms with Crippen LogP contribution in [0.5, 0.6) is 5.75 Å². The van der Waals surface area contributed by atoms with Crippen LogP contribution in [0.25, 0.3) is 0 Å². The second-order valence-corrected chi connectivity index (χ2v) is 7.33. The molecule has 130 valence electrons. The number of halogens is 3. The zero-order valence-corrected chi connectivity index (χ0v) is 13.4. The number of morpholine rings is 1. The normalized spacial score (nSPS) is 20.4. The molecule has 0 unspecified atom stereocenters. The molecule has 0 spiro atoms. The van der Waals surface area contributed by atoms with Gasteiger partial charge in [0.2, 0.25) is 10.0 Å². The van der Waals surface area contributed by atoms with E-state index < -0.39 is 28.8 Å². The Hall–Kier alpha value is -1.32. The van der Waals surface area contributed by atoms with Crippen molar-refractivity contribution in [2.45, 2.75) is 19.2 Å². The van der Waals surface area contributed by atoms with Crippen molar-refractivity contribution in [3.8, 4) is 5.75 Å². The van der Waals surface area contributed by atoms with E-state index in [0.29, 0.717) is 5.75 Å². The van der Waals surface area contributed by atoms with Gasteiger partial charge in [-0.15, -0.1) is 0 Å². The van der Waals surface area contributed by atoms with Gasteiger partial charge in [0.05, 0.1) is 12.4 Å². The molecule has 0 radical (unpaired) electrons. The Morgan fingerprint density at radius 3 is 2.57 bits per heavy atom. The lowest BCUT2D eigenvalue weighted by Gasteiger charge is -2.32. The molecule has 1 saturated heterocycles. The van der Waals surface area contributed by atoms with Crippen LogP contribution in [-0.4, -0.2) is 57.1 Å². The van der Waals surface area contributed by atoms with E-state index in [-0.39, 0.29) is 25.5 Å². The van der Waals surface area contributed by atoms with Gasteiger partial charge in [0.1, 0.15) is 12.4 Å². The molecule has 0 saturated carbocycles. The summed E-state index contributed by atoms with van der Waals surface area (Å²) in [5.74, 6) is 0.131. The lowest BCUT2D eigenvalue weighted by Crippen LogP contribution is -2.51. The van der Waals surface area contributed by atoms with Gasteiger partial charge in [-0.2, -0.15) is 17.5 Å². The average molecular weight is 353 g/mol. The molecule has 9 heteroatoms. The van der Waals surface area contributed by atoms with Crippen molar-refractivity contribution in [3.63, 3.8) is 0 Å². The van der Waals surface area contributed by atoms with Gasteiger partial charge in [0.15, 0.2) is 6.10 Å². The van der Waals surface area contributed by atoms with Gasteiger partial charge < -0.3 is 9.47 Å². The summed E-state index contributed by atoms with van der Waals surface area (Å²) < 4.78 is 72.9. The summed E-state index contributed by atoms with van der Waals surface area (Å²) in [7, 11) is -3.83. The average Bonchev–Trinajstić information content (AvgIpc) is 2.48. The Morgan fingerprint density at radius 1 is 1.30 bits per heavy atom. The number of rotatable bonds is 5. The zero-order chi connectivity index (χ0) is 17.1. The monoisotopic (exact) mass is 353 g/mol. The largest absolute Gasteiger partial charge is 0.492 e. The Morgan fingerprint density at radius 2 is 1.96 bits per heavy atom. The number of ether oxygens (including phenoxy) is 2. The summed E-state index contributed by atoms with van der Waals surface area (Å²) >= 11 is 0. The van der Waals surface area contributed by atoms with E-state index in [2.05, 4.69) is 4.74 Å². The lowest BCUT2D eigenvalue weighted by atomic mass is 10.2. The third-order valence-corrected chi connectivity index (χ3v) is 5.22. The van der Waals surface area contributed by atoms with E-state index >= 15 is 0 Å². The summed E-state index contributed by atoms with van der Waals surface area (Å²) in [6, 6.07) is 7.05. The summed E-state index contributed by atoms with van der Waals surface area (Å²) in [5, 5.41) is 0. The molecule has 23 heavy (non-hydrogen) atoms. The number of hydrogen-bond acceptors (Lipinski definition) is 4. The molecule has 5 nitrogen and oxygen atoms in total. The summed E-state index contributed by atoms with van der Waals surface area (Å²) in [6.07, 6.45) is -6.66. The molecule has 1 aliphatic heterocycles. The lowest BCUT2D eigenvalue weighted by molar-refractivity contribution is -0.231. The number of benzene rings is 1.